The molecule has 1 aromatic rings. The summed E-state index contributed by atoms with van der Waals surface area (Å²) >= 11 is 0. The summed E-state index contributed by atoms with van der Waals surface area (Å²) < 4.78 is 27.1. The predicted molar refractivity (Wildman–Crippen MR) is 82.7 cm³/mol. The number of benzene rings is 1. The van der Waals surface area contributed by atoms with E-state index in [1.165, 1.54) is 12.1 Å². The lowest BCUT2D eigenvalue weighted by Crippen LogP contribution is -2.87. The van der Waals surface area contributed by atoms with E-state index < -0.39 is 10.0 Å². The van der Waals surface area contributed by atoms with E-state index in [0.29, 0.717) is 19.7 Å². The molecule has 0 aliphatic rings. The third-order valence-corrected chi connectivity index (χ3v) is 4.00. The Kier molecular flexibility index (Phi) is 8.03. The largest absolute Gasteiger partial charge is 0.385 e. The molecule has 0 aromatic heterocycles. The van der Waals surface area contributed by atoms with Crippen LogP contribution in [0.2, 0.25) is 0 Å². The Morgan fingerprint density at radius 2 is 2.00 bits per heavy atom. The number of primary sulfonamides is 1. The first-order valence-electron chi connectivity index (χ1n) is 7.12. The highest BCUT2D eigenvalue weighted by atomic mass is 32.2. The lowest BCUT2D eigenvalue weighted by Gasteiger charge is -2.05. The van der Waals surface area contributed by atoms with Gasteiger partial charge < -0.3 is 15.4 Å². The molecule has 0 aliphatic heterocycles. The lowest BCUT2D eigenvalue weighted by molar-refractivity contribution is -0.643. The topological polar surface area (TPSA) is 115 Å². The molecule has 124 valence electrons. The summed E-state index contributed by atoms with van der Waals surface area (Å²) in [6.07, 6.45) is 1.56. The predicted octanol–water partition coefficient (Wildman–Crippen LogP) is -1.41. The zero-order valence-electron chi connectivity index (χ0n) is 12.7. The molecule has 0 heterocycles. The number of rotatable bonds is 10. The van der Waals surface area contributed by atoms with Crippen LogP contribution in [0.4, 0.5) is 0 Å². The van der Waals surface area contributed by atoms with Crippen molar-refractivity contribution in [3.63, 3.8) is 0 Å². The minimum absolute atomic E-state index is 0.000626. The highest BCUT2D eigenvalue weighted by Crippen LogP contribution is 2.08. The summed E-state index contributed by atoms with van der Waals surface area (Å²) in [5, 5.41) is 9.76. The number of amides is 1. The molecular formula is C14H24N3O4S+. The zero-order valence-corrected chi connectivity index (χ0v) is 13.6. The van der Waals surface area contributed by atoms with Crippen LogP contribution in [0, 0.1) is 0 Å². The molecule has 22 heavy (non-hydrogen) atoms. The van der Waals surface area contributed by atoms with Crippen LogP contribution in [-0.2, 0) is 26.0 Å². The van der Waals surface area contributed by atoms with Crippen molar-refractivity contribution in [1.82, 2.24) is 5.32 Å². The van der Waals surface area contributed by atoms with Gasteiger partial charge in [-0.2, -0.15) is 0 Å². The molecular weight excluding hydrogens is 306 g/mol. The van der Waals surface area contributed by atoms with Gasteiger partial charge in [0, 0.05) is 26.7 Å². The molecule has 0 unspecified atom stereocenters. The van der Waals surface area contributed by atoms with Crippen molar-refractivity contribution in [1.29, 1.82) is 0 Å². The van der Waals surface area contributed by atoms with E-state index in [2.05, 4.69) is 5.32 Å². The van der Waals surface area contributed by atoms with Gasteiger partial charge in [-0.05, 0) is 24.1 Å². The van der Waals surface area contributed by atoms with Crippen LogP contribution in [0.1, 0.15) is 12.0 Å². The molecule has 8 heteroatoms. The lowest BCUT2D eigenvalue weighted by atomic mass is 10.1. The first-order valence-corrected chi connectivity index (χ1v) is 8.67. The molecule has 0 spiro atoms. The normalized spacial score (nSPS) is 11.4. The second-order valence-electron chi connectivity index (χ2n) is 4.92. The molecule has 5 N–H and O–H groups in total. The quantitative estimate of drug-likeness (QED) is 0.457. The molecule has 1 amide bonds. The molecule has 1 aromatic carbocycles. The van der Waals surface area contributed by atoms with Gasteiger partial charge in [0.25, 0.3) is 5.91 Å². The highest BCUT2D eigenvalue weighted by Gasteiger charge is 2.07. The van der Waals surface area contributed by atoms with Crippen LogP contribution in [-0.4, -0.2) is 47.7 Å². The third-order valence-electron chi connectivity index (χ3n) is 3.07. The molecule has 0 saturated carbocycles. The number of quaternary nitrogens is 1. The maximum Gasteiger partial charge on any atom is 0.275 e. The van der Waals surface area contributed by atoms with Crippen molar-refractivity contribution in [2.45, 2.75) is 17.7 Å². The van der Waals surface area contributed by atoms with E-state index in [1.807, 2.05) is 5.32 Å². The number of hydrogen-bond acceptors (Lipinski definition) is 4. The molecule has 0 saturated heterocycles. The molecule has 0 bridgehead atoms. The van der Waals surface area contributed by atoms with Crippen LogP contribution in [0.15, 0.2) is 29.2 Å². The van der Waals surface area contributed by atoms with Gasteiger partial charge in [0.15, 0.2) is 6.54 Å². The maximum absolute atomic E-state index is 11.5. The summed E-state index contributed by atoms with van der Waals surface area (Å²) in [6.45, 7) is 2.39. The molecule has 0 aliphatic carbocycles. The number of sulfonamides is 1. The molecule has 0 fully saturated rings. The minimum atomic E-state index is -3.64. The second-order valence-corrected chi connectivity index (χ2v) is 6.48. The minimum Gasteiger partial charge on any atom is -0.385 e. The van der Waals surface area contributed by atoms with Gasteiger partial charge >= 0.3 is 0 Å². The van der Waals surface area contributed by atoms with Crippen LogP contribution in [0.5, 0.6) is 0 Å². The van der Waals surface area contributed by atoms with E-state index in [9.17, 15) is 13.2 Å². The maximum atomic E-state index is 11.5. The molecule has 7 nitrogen and oxygen atoms in total. The van der Waals surface area contributed by atoms with E-state index in [0.717, 1.165) is 24.9 Å². The Morgan fingerprint density at radius 1 is 1.32 bits per heavy atom. The number of methoxy groups -OCH3 is 1. The van der Waals surface area contributed by atoms with Gasteiger partial charge in [-0.25, -0.2) is 13.6 Å². The SMILES string of the molecule is COCCCNC(=O)C[NH2+]CCc1ccc(S(N)(=O)=O)cc1. The van der Waals surface area contributed by atoms with Crippen molar-refractivity contribution in [3.8, 4) is 0 Å². The fraction of sp³-hybridized carbons (Fsp3) is 0.500. The first-order chi connectivity index (χ1) is 10.4. The molecule has 0 radical (unpaired) electrons. The van der Waals surface area contributed by atoms with Crippen molar-refractivity contribution >= 4 is 15.9 Å². The zero-order chi connectivity index (χ0) is 16.4. The highest BCUT2D eigenvalue weighted by molar-refractivity contribution is 7.89. The van der Waals surface area contributed by atoms with Crippen molar-refractivity contribution in [3.05, 3.63) is 29.8 Å². The number of carbonyl (C=O) groups is 1. The fourth-order valence-corrected chi connectivity index (χ4v) is 2.38. The van der Waals surface area contributed by atoms with Crippen molar-refractivity contribution in [2.24, 2.45) is 5.14 Å². The number of carbonyl (C=O) groups excluding carboxylic acids is 1. The first kappa shape index (κ1) is 18.6. The molecule has 0 atom stereocenters. The van der Waals surface area contributed by atoms with Crippen LogP contribution in [0.3, 0.4) is 0 Å². The van der Waals surface area contributed by atoms with Crippen molar-refractivity contribution < 1.29 is 23.3 Å². The Hall–Kier alpha value is -1.48. The Labute approximate surface area is 131 Å². The standard InChI is InChI=1S/C14H23N3O4S/c1-21-10-2-8-17-14(18)11-16-9-7-12-3-5-13(6-4-12)22(15,19)20/h3-6,16H,2,7-11H2,1H3,(H,17,18)(H2,15,19,20)/p+1. The number of ether oxygens (including phenoxy) is 1. The third kappa shape index (κ3) is 7.51. The number of nitrogens with one attached hydrogen (secondary N) is 1. The van der Waals surface area contributed by atoms with Gasteiger partial charge in [0.2, 0.25) is 10.0 Å². The van der Waals surface area contributed by atoms with Gasteiger partial charge in [-0.3, -0.25) is 4.79 Å². The van der Waals surface area contributed by atoms with Gasteiger partial charge in [0.1, 0.15) is 0 Å². The fourth-order valence-electron chi connectivity index (χ4n) is 1.86. The summed E-state index contributed by atoms with van der Waals surface area (Å²) in [6, 6.07) is 6.46. The van der Waals surface area contributed by atoms with Crippen LogP contribution >= 0.6 is 0 Å². The Bertz CT molecular complexity index is 558. The second kappa shape index (κ2) is 9.52. The van der Waals surface area contributed by atoms with E-state index in [4.69, 9.17) is 9.88 Å². The van der Waals surface area contributed by atoms with E-state index in [1.54, 1.807) is 19.2 Å². The summed E-state index contributed by atoms with van der Waals surface area (Å²) in [5.41, 5.74) is 1.00. The summed E-state index contributed by atoms with van der Waals surface area (Å²) in [5.74, 6) is 0.000626. The summed E-state index contributed by atoms with van der Waals surface area (Å²) in [4.78, 5) is 11.6. The van der Waals surface area contributed by atoms with Crippen molar-refractivity contribution in [2.75, 3.05) is 33.4 Å². The van der Waals surface area contributed by atoms with Crippen LogP contribution in [0.25, 0.3) is 0 Å². The monoisotopic (exact) mass is 330 g/mol. The Balaban J connectivity index is 2.20. The number of nitrogens with two attached hydrogens (primary N) is 2. The van der Waals surface area contributed by atoms with Crippen LogP contribution < -0.4 is 15.8 Å². The van der Waals surface area contributed by atoms with Gasteiger partial charge in [0.05, 0.1) is 11.4 Å². The van der Waals surface area contributed by atoms with E-state index in [-0.39, 0.29) is 10.8 Å². The van der Waals surface area contributed by atoms with E-state index >= 15 is 0 Å². The average molecular weight is 330 g/mol. The average Bonchev–Trinajstić information content (AvgIpc) is 2.48. The number of hydrogen-bond donors (Lipinski definition) is 3. The van der Waals surface area contributed by atoms with Gasteiger partial charge in [-0.1, -0.05) is 12.1 Å². The smallest absolute Gasteiger partial charge is 0.275 e. The summed E-state index contributed by atoms with van der Waals surface area (Å²) in [7, 11) is -2.01. The van der Waals surface area contributed by atoms with Gasteiger partial charge in [-0.15, -0.1) is 0 Å². The molecule has 1 rings (SSSR count). The Morgan fingerprint density at radius 3 is 2.59 bits per heavy atom.